The maximum atomic E-state index is 4.36. The molecule has 1 aromatic carbocycles. The van der Waals surface area contributed by atoms with Gasteiger partial charge in [0.25, 0.3) is 0 Å². The van der Waals surface area contributed by atoms with Crippen molar-refractivity contribution in [1.82, 2.24) is 9.97 Å². The van der Waals surface area contributed by atoms with Gasteiger partial charge in [0, 0.05) is 4.75 Å². The minimum Gasteiger partial charge on any atom is -0.345 e. The first kappa shape index (κ1) is 9.59. The number of para-hydroxylation sites is 1. The van der Waals surface area contributed by atoms with Crippen LogP contribution in [0.3, 0.4) is 0 Å². The average molecular weight is 206 g/mol. The van der Waals surface area contributed by atoms with Crippen molar-refractivity contribution >= 4 is 22.8 Å². The van der Waals surface area contributed by atoms with Crippen LogP contribution in [-0.2, 0) is 4.75 Å². The minimum absolute atomic E-state index is 0.120. The molecule has 0 unspecified atom stereocenters. The van der Waals surface area contributed by atoms with Gasteiger partial charge < -0.3 is 4.98 Å². The van der Waals surface area contributed by atoms with Gasteiger partial charge in [0.05, 0.1) is 17.4 Å². The van der Waals surface area contributed by atoms with Crippen LogP contribution in [0.4, 0.5) is 0 Å². The van der Waals surface area contributed by atoms with Gasteiger partial charge in [-0.2, -0.15) is 11.8 Å². The van der Waals surface area contributed by atoms with Gasteiger partial charge in [-0.1, -0.05) is 12.1 Å². The lowest BCUT2D eigenvalue weighted by atomic mass is 10.0. The number of aromatic nitrogens is 2. The van der Waals surface area contributed by atoms with Crippen molar-refractivity contribution in [2.45, 2.75) is 18.6 Å². The summed E-state index contributed by atoms with van der Waals surface area (Å²) < 4.78 is 0.120. The van der Waals surface area contributed by atoms with Crippen molar-refractivity contribution in [3.8, 4) is 0 Å². The van der Waals surface area contributed by atoms with Crippen molar-refractivity contribution in [2.24, 2.45) is 0 Å². The first-order chi connectivity index (χ1) is 6.65. The number of benzene rings is 1. The molecule has 0 saturated carbocycles. The van der Waals surface area contributed by atoms with Crippen LogP contribution in [0.5, 0.6) is 0 Å². The number of imidazole rings is 1. The Labute approximate surface area is 88.1 Å². The first-order valence-corrected chi connectivity index (χ1v) is 5.85. The van der Waals surface area contributed by atoms with Gasteiger partial charge in [-0.25, -0.2) is 4.98 Å². The number of hydrogen-bond acceptors (Lipinski definition) is 2. The molecule has 1 aromatic heterocycles. The summed E-state index contributed by atoms with van der Waals surface area (Å²) in [5.41, 5.74) is 3.50. The SMILES string of the molecule is CSC(C)(C)c1cccc2[nH]cnc12. The predicted molar refractivity (Wildman–Crippen MR) is 62.6 cm³/mol. The number of hydrogen-bond donors (Lipinski definition) is 1. The molecule has 0 radical (unpaired) electrons. The molecule has 3 heteroatoms. The van der Waals surface area contributed by atoms with Gasteiger partial charge >= 0.3 is 0 Å². The molecule has 2 rings (SSSR count). The molecule has 2 nitrogen and oxygen atoms in total. The molecule has 0 atom stereocenters. The Kier molecular flexibility index (Phi) is 2.27. The highest BCUT2D eigenvalue weighted by atomic mass is 32.2. The number of nitrogens with zero attached hydrogens (tertiary/aromatic N) is 1. The van der Waals surface area contributed by atoms with E-state index >= 15 is 0 Å². The van der Waals surface area contributed by atoms with Gasteiger partial charge in [0.2, 0.25) is 0 Å². The molecule has 0 spiro atoms. The third-order valence-electron chi connectivity index (χ3n) is 2.61. The number of H-pyrrole nitrogens is 1. The van der Waals surface area contributed by atoms with E-state index in [1.165, 1.54) is 5.56 Å². The van der Waals surface area contributed by atoms with Crippen molar-refractivity contribution in [3.05, 3.63) is 30.1 Å². The van der Waals surface area contributed by atoms with E-state index in [1.54, 1.807) is 6.33 Å². The number of thioether (sulfide) groups is 1. The second kappa shape index (κ2) is 3.31. The highest BCUT2D eigenvalue weighted by molar-refractivity contribution is 7.99. The quantitative estimate of drug-likeness (QED) is 0.817. The monoisotopic (exact) mass is 206 g/mol. The summed E-state index contributed by atoms with van der Waals surface area (Å²) in [7, 11) is 0. The van der Waals surface area contributed by atoms with Gasteiger partial charge in [0.15, 0.2) is 0 Å². The van der Waals surface area contributed by atoms with Crippen molar-refractivity contribution in [3.63, 3.8) is 0 Å². The van der Waals surface area contributed by atoms with E-state index in [4.69, 9.17) is 0 Å². The zero-order valence-corrected chi connectivity index (χ0v) is 9.48. The number of fused-ring (bicyclic) bond motifs is 1. The Balaban J connectivity index is 2.67. The van der Waals surface area contributed by atoms with Crippen LogP contribution in [0.1, 0.15) is 19.4 Å². The van der Waals surface area contributed by atoms with E-state index in [2.05, 4.69) is 48.3 Å². The third kappa shape index (κ3) is 1.42. The summed E-state index contributed by atoms with van der Waals surface area (Å²) in [5.74, 6) is 0. The Bertz CT molecular complexity index is 445. The Morgan fingerprint density at radius 1 is 1.36 bits per heavy atom. The lowest BCUT2D eigenvalue weighted by Gasteiger charge is -2.22. The highest BCUT2D eigenvalue weighted by Gasteiger charge is 2.22. The molecule has 1 heterocycles. The van der Waals surface area contributed by atoms with Crippen molar-refractivity contribution in [1.29, 1.82) is 0 Å². The van der Waals surface area contributed by atoms with E-state index in [1.807, 2.05) is 11.8 Å². The Hall–Kier alpha value is -0.960. The molecule has 14 heavy (non-hydrogen) atoms. The zero-order chi connectivity index (χ0) is 10.2. The standard InChI is InChI=1S/C11H14N2S/c1-11(2,14-3)8-5-4-6-9-10(8)13-7-12-9/h4-7H,1-3H3,(H,12,13). The maximum Gasteiger partial charge on any atom is 0.0932 e. The van der Waals surface area contributed by atoms with Crippen LogP contribution < -0.4 is 0 Å². The molecule has 0 aliphatic carbocycles. The van der Waals surface area contributed by atoms with Crippen LogP contribution in [0.25, 0.3) is 11.0 Å². The van der Waals surface area contributed by atoms with Crippen LogP contribution in [-0.4, -0.2) is 16.2 Å². The molecule has 0 aliphatic heterocycles. The Morgan fingerprint density at radius 2 is 2.14 bits per heavy atom. The van der Waals surface area contributed by atoms with Gasteiger partial charge in [-0.3, -0.25) is 0 Å². The van der Waals surface area contributed by atoms with Crippen LogP contribution >= 0.6 is 11.8 Å². The largest absolute Gasteiger partial charge is 0.345 e. The fraction of sp³-hybridized carbons (Fsp3) is 0.364. The van der Waals surface area contributed by atoms with E-state index in [9.17, 15) is 0 Å². The second-order valence-corrected chi connectivity index (χ2v) is 5.25. The summed E-state index contributed by atoms with van der Waals surface area (Å²) in [6.45, 7) is 4.45. The van der Waals surface area contributed by atoms with Crippen LogP contribution in [0.2, 0.25) is 0 Å². The molecule has 74 valence electrons. The zero-order valence-electron chi connectivity index (χ0n) is 8.66. The fourth-order valence-corrected chi connectivity index (χ4v) is 1.95. The molecule has 0 aliphatic rings. The van der Waals surface area contributed by atoms with Gasteiger partial charge in [0.1, 0.15) is 0 Å². The number of rotatable bonds is 2. The molecular formula is C11H14N2S. The molecule has 0 bridgehead atoms. The van der Waals surface area contributed by atoms with Crippen molar-refractivity contribution < 1.29 is 0 Å². The van der Waals surface area contributed by atoms with Gasteiger partial charge in [-0.15, -0.1) is 0 Å². The summed E-state index contributed by atoms with van der Waals surface area (Å²) in [6, 6.07) is 6.29. The smallest absolute Gasteiger partial charge is 0.0932 e. The minimum atomic E-state index is 0.120. The average Bonchev–Trinajstić information content (AvgIpc) is 2.64. The normalized spacial score (nSPS) is 12.2. The lowest BCUT2D eigenvalue weighted by molar-refractivity contribution is 0.791. The van der Waals surface area contributed by atoms with E-state index in [0.29, 0.717) is 0 Å². The molecule has 0 fully saturated rings. The molecular weight excluding hydrogens is 192 g/mol. The number of aromatic amines is 1. The maximum absolute atomic E-state index is 4.36. The summed E-state index contributed by atoms with van der Waals surface area (Å²) in [5, 5.41) is 0. The van der Waals surface area contributed by atoms with Gasteiger partial charge in [-0.05, 0) is 31.7 Å². The van der Waals surface area contributed by atoms with E-state index in [0.717, 1.165) is 11.0 Å². The highest BCUT2D eigenvalue weighted by Crippen LogP contribution is 2.36. The summed E-state index contributed by atoms with van der Waals surface area (Å²) in [4.78, 5) is 7.50. The fourth-order valence-electron chi connectivity index (χ4n) is 1.56. The third-order valence-corrected chi connectivity index (χ3v) is 3.85. The second-order valence-electron chi connectivity index (χ2n) is 3.82. The molecule has 0 saturated heterocycles. The van der Waals surface area contributed by atoms with E-state index in [-0.39, 0.29) is 4.75 Å². The number of nitrogens with one attached hydrogen (secondary N) is 1. The van der Waals surface area contributed by atoms with Crippen LogP contribution in [0.15, 0.2) is 24.5 Å². The predicted octanol–water partition coefficient (Wildman–Crippen LogP) is 3.16. The van der Waals surface area contributed by atoms with Crippen LogP contribution in [0, 0.1) is 0 Å². The van der Waals surface area contributed by atoms with E-state index < -0.39 is 0 Å². The molecule has 0 amide bonds. The molecule has 1 N–H and O–H groups in total. The molecule has 2 aromatic rings. The topological polar surface area (TPSA) is 28.7 Å². The Morgan fingerprint density at radius 3 is 2.86 bits per heavy atom. The summed E-state index contributed by atoms with van der Waals surface area (Å²) >= 11 is 1.84. The first-order valence-electron chi connectivity index (χ1n) is 4.63. The lowest BCUT2D eigenvalue weighted by Crippen LogP contribution is -2.11. The van der Waals surface area contributed by atoms with Crippen molar-refractivity contribution in [2.75, 3.05) is 6.26 Å². The summed E-state index contributed by atoms with van der Waals surface area (Å²) in [6.07, 6.45) is 3.88.